The van der Waals surface area contributed by atoms with E-state index in [0.717, 1.165) is 11.3 Å². The summed E-state index contributed by atoms with van der Waals surface area (Å²) >= 11 is 0. The van der Waals surface area contributed by atoms with E-state index in [0.29, 0.717) is 12.4 Å². The Kier molecular flexibility index (Phi) is 6.19. The van der Waals surface area contributed by atoms with Crippen LogP contribution in [0.5, 0.6) is 5.75 Å². The van der Waals surface area contributed by atoms with Crippen LogP contribution >= 0.6 is 0 Å². The van der Waals surface area contributed by atoms with Gasteiger partial charge in [0, 0.05) is 5.56 Å². The normalized spacial score (nSPS) is 9.95. The molecule has 0 aliphatic rings. The van der Waals surface area contributed by atoms with E-state index in [1.54, 1.807) is 12.1 Å². The molecule has 1 rings (SSSR count). The molecule has 0 aliphatic heterocycles. The van der Waals surface area contributed by atoms with Gasteiger partial charge in [0.1, 0.15) is 18.8 Å². The third kappa shape index (κ3) is 5.52. The largest absolute Gasteiger partial charge is 0.494 e. The summed E-state index contributed by atoms with van der Waals surface area (Å²) in [6.45, 7) is 1.42. The Morgan fingerprint density at radius 3 is 2.57 bits per heavy atom. The summed E-state index contributed by atoms with van der Waals surface area (Å²) in [5.41, 5.74) is 5.27. The van der Waals surface area contributed by atoms with Crippen LogP contribution in [0.15, 0.2) is 24.3 Å². The van der Waals surface area contributed by atoms with Gasteiger partial charge in [-0.05, 0) is 24.6 Å². The van der Waals surface area contributed by atoms with Crippen molar-refractivity contribution in [2.45, 2.75) is 13.3 Å². The molecule has 7 heteroatoms. The fraction of sp³-hybridized carbons (Fsp3) is 0.357. The average Bonchev–Trinajstić information content (AvgIpc) is 2.43. The number of nitrogens with zero attached hydrogens (tertiary/aromatic N) is 1. The fourth-order valence-corrected chi connectivity index (χ4v) is 1.67. The van der Waals surface area contributed by atoms with Gasteiger partial charge in [-0.2, -0.15) is 0 Å². The van der Waals surface area contributed by atoms with E-state index in [1.165, 1.54) is 12.1 Å². The molecule has 0 aromatic heterocycles. The standard InChI is InChI=1S/C14H18N2O5/c1-2-6-21-11-5-3-4-10(7-11)14(20)16(8-12(15)17)9-13(18)19/h3-5,7H,2,6,8-9H2,1H3,(H2,15,17)(H,18,19). The Balaban J connectivity index is 2.91. The average molecular weight is 294 g/mol. The van der Waals surface area contributed by atoms with Crippen LogP contribution in [0.3, 0.4) is 0 Å². The van der Waals surface area contributed by atoms with Crippen LogP contribution in [0.1, 0.15) is 23.7 Å². The minimum atomic E-state index is -1.22. The van der Waals surface area contributed by atoms with Crippen molar-refractivity contribution < 1.29 is 24.2 Å². The number of aliphatic carboxylic acids is 1. The molecule has 0 fully saturated rings. The molecule has 0 radical (unpaired) electrons. The number of carboxylic acids is 1. The van der Waals surface area contributed by atoms with Gasteiger partial charge in [-0.15, -0.1) is 0 Å². The van der Waals surface area contributed by atoms with Gasteiger partial charge in [0.2, 0.25) is 5.91 Å². The predicted octanol–water partition coefficient (Wildman–Crippen LogP) is 0.488. The van der Waals surface area contributed by atoms with Gasteiger partial charge in [0.25, 0.3) is 5.91 Å². The molecule has 0 atom stereocenters. The first-order valence-corrected chi connectivity index (χ1v) is 6.46. The Bertz CT molecular complexity index is 514. The lowest BCUT2D eigenvalue weighted by Gasteiger charge is -2.19. The number of primary amides is 1. The predicted molar refractivity (Wildman–Crippen MR) is 75.0 cm³/mol. The smallest absolute Gasteiger partial charge is 0.323 e. The molecule has 0 aliphatic carbocycles. The molecule has 0 spiro atoms. The Morgan fingerprint density at radius 1 is 1.29 bits per heavy atom. The quantitative estimate of drug-likeness (QED) is 0.725. The van der Waals surface area contributed by atoms with Crippen molar-refractivity contribution in [2.75, 3.05) is 19.7 Å². The highest BCUT2D eigenvalue weighted by atomic mass is 16.5. The second kappa shape index (κ2) is 7.88. The van der Waals surface area contributed by atoms with Crippen LogP contribution in [0, 0.1) is 0 Å². The van der Waals surface area contributed by atoms with E-state index in [1.807, 2.05) is 6.92 Å². The van der Waals surface area contributed by atoms with E-state index in [9.17, 15) is 14.4 Å². The van der Waals surface area contributed by atoms with Crippen LogP contribution < -0.4 is 10.5 Å². The third-order valence-electron chi connectivity index (χ3n) is 2.51. The molecular weight excluding hydrogens is 276 g/mol. The lowest BCUT2D eigenvalue weighted by Crippen LogP contribution is -2.41. The number of carbonyl (C=O) groups excluding carboxylic acids is 2. The van der Waals surface area contributed by atoms with Crippen molar-refractivity contribution in [2.24, 2.45) is 5.73 Å². The van der Waals surface area contributed by atoms with E-state index in [2.05, 4.69) is 0 Å². The third-order valence-corrected chi connectivity index (χ3v) is 2.51. The first kappa shape index (κ1) is 16.5. The molecule has 0 unspecified atom stereocenters. The Labute approximate surface area is 122 Å². The minimum Gasteiger partial charge on any atom is -0.494 e. The van der Waals surface area contributed by atoms with E-state index in [4.69, 9.17) is 15.6 Å². The van der Waals surface area contributed by atoms with Gasteiger partial charge >= 0.3 is 5.97 Å². The minimum absolute atomic E-state index is 0.242. The van der Waals surface area contributed by atoms with Gasteiger partial charge in [-0.1, -0.05) is 13.0 Å². The van der Waals surface area contributed by atoms with E-state index < -0.39 is 30.9 Å². The fourth-order valence-electron chi connectivity index (χ4n) is 1.67. The van der Waals surface area contributed by atoms with Gasteiger partial charge in [-0.25, -0.2) is 0 Å². The second-order valence-electron chi connectivity index (χ2n) is 4.40. The number of amides is 2. The zero-order valence-corrected chi connectivity index (χ0v) is 11.7. The monoisotopic (exact) mass is 294 g/mol. The Morgan fingerprint density at radius 2 is 2.00 bits per heavy atom. The highest BCUT2D eigenvalue weighted by molar-refractivity contribution is 5.98. The zero-order valence-electron chi connectivity index (χ0n) is 11.7. The topological polar surface area (TPSA) is 110 Å². The van der Waals surface area contributed by atoms with Crippen LogP contribution in [0.25, 0.3) is 0 Å². The number of carboxylic acid groups (broad SMARTS) is 1. The van der Waals surface area contributed by atoms with Crippen molar-refractivity contribution in [1.29, 1.82) is 0 Å². The summed E-state index contributed by atoms with van der Waals surface area (Å²) in [7, 11) is 0. The van der Waals surface area contributed by atoms with Crippen LogP contribution in [-0.2, 0) is 9.59 Å². The summed E-state index contributed by atoms with van der Waals surface area (Å²) in [4.78, 5) is 34.8. The summed E-state index contributed by atoms with van der Waals surface area (Å²) < 4.78 is 5.41. The van der Waals surface area contributed by atoms with Crippen LogP contribution in [0.2, 0.25) is 0 Å². The maximum atomic E-state index is 12.2. The van der Waals surface area contributed by atoms with Crippen molar-refractivity contribution in [3.63, 3.8) is 0 Å². The summed E-state index contributed by atoms with van der Waals surface area (Å²) in [5, 5.41) is 8.79. The number of rotatable bonds is 8. The molecule has 114 valence electrons. The molecule has 0 heterocycles. The highest BCUT2D eigenvalue weighted by Crippen LogP contribution is 2.15. The second-order valence-corrected chi connectivity index (χ2v) is 4.40. The summed E-state index contributed by atoms with van der Waals surface area (Å²) in [6, 6.07) is 6.36. The SMILES string of the molecule is CCCOc1cccc(C(=O)N(CC(N)=O)CC(=O)O)c1. The highest BCUT2D eigenvalue weighted by Gasteiger charge is 2.20. The molecule has 3 N–H and O–H groups in total. The molecule has 1 aromatic rings. The van der Waals surface area contributed by atoms with Gasteiger partial charge in [-0.3, -0.25) is 14.4 Å². The first-order chi connectivity index (χ1) is 9.93. The zero-order chi connectivity index (χ0) is 15.8. The lowest BCUT2D eigenvalue weighted by atomic mass is 10.2. The maximum absolute atomic E-state index is 12.2. The van der Waals surface area contributed by atoms with Gasteiger partial charge < -0.3 is 20.5 Å². The van der Waals surface area contributed by atoms with Crippen molar-refractivity contribution in [1.82, 2.24) is 4.90 Å². The lowest BCUT2D eigenvalue weighted by molar-refractivity contribution is -0.138. The van der Waals surface area contributed by atoms with E-state index in [-0.39, 0.29) is 5.56 Å². The van der Waals surface area contributed by atoms with Gasteiger partial charge in [0.05, 0.1) is 6.61 Å². The molecule has 1 aromatic carbocycles. The number of nitrogens with two attached hydrogens (primary N) is 1. The molecule has 0 bridgehead atoms. The van der Waals surface area contributed by atoms with Crippen molar-refractivity contribution in [3.05, 3.63) is 29.8 Å². The molecule has 2 amide bonds. The molecule has 7 nitrogen and oxygen atoms in total. The van der Waals surface area contributed by atoms with E-state index >= 15 is 0 Å². The Hall–Kier alpha value is -2.57. The van der Waals surface area contributed by atoms with Crippen molar-refractivity contribution in [3.8, 4) is 5.75 Å². The number of carbonyl (C=O) groups is 3. The summed E-state index contributed by atoms with van der Waals surface area (Å²) in [6.07, 6.45) is 0.824. The van der Waals surface area contributed by atoms with Crippen molar-refractivity contribution >= 4 is 17.8 Å². The van der Waals surface area contributed by atoms with Crippen LogP contribution in [0.4, 0.5) is 0 Å². The molecule has 21 heavy (non-hydrogen) atoms. The summed E-state index contributed by atoms with van der Waals surface area (Å²) in [5.74, 6) is -2.07. The maximum Gasteiger partial charge on any atom is 0.323 e. The number of hydrogen-bond donors (Lipinski definition) is 2. The molecule has 0 saturated carbocycles. The molecule has 0 saturated heterocycles. The number of hydrogen-bond acceptors (Lipinski definition) is 4. The molecular formula is C14H18N2O5. The first-order valence-electron chi connectivity index (χ1n) is 6.46. The number of benzene rings is 1. The van der Waals surface area contributed by atoms with Crippen LogP contribution in [-0.4, -0.2) is 47.5 Å². The number of ether oxygens (including phenoxy) is 1. The van der Waals surface area contributed by atoms with Gasteiger partial charge in [0.15, 0.2) is 0 Å².